The smallest absolute Gasteiger partial charge is 0.306 e. The number of ether oxygens (including phenoxy) is 1. The molecule has 2 saturated carbocycles. The number of carbonyl (C=O) groups is 3. The number of esters is 1. The Kier molecular flexibility index (Phi) is 5.21. The summed E-state index contributed by atoms with van der Waals surface area (Å²) < 4.78 is 5.19. The lowest BCUT2D eigenvalue weighted by atomic mass is 9.86. The molecule has 0 radical (unpaired) electrons. The Hall–Kier alpha value is -1.89. The monoisotopic (exact) mass is 390 g/mol. The number of carbonyl (C=O) groups excluding carboxylic acids is 3. The molecular formula is C20H26N2O4S. The number of hydrogen-bond donors (Lipinski definition) is 2. The van der Waals surface area contributed by atoms with E-state index < -0.39 is 11.8 Å². The molecule has 0 unspecified atom stereocenters. The maximum atomic E-state index is 12.2. The van der Waals surface area contributed by atoms with E-state index in [1.165, 1.54) is 30.6 Å². The van der Waals surface area contributed by atoms with E-state index in [2.05, 4.69) is 5.32 Å². The van der Waals surface area contributed by atoms with Crippen LogP contribution in [0.5, 0.6) is 0 Å². The zero-order valence-corrected chi connectivity index (χ0v) is 16.2. The highest BCUT2D eigenvalue weighted by Crippen LogP contribution is 2.49. The van der Waals surface area contributed by atoms with Crippen LogP contribution < -0.4 is 11.1 Å². The SMILES string of the molecule is NC(=O)c1c(NC(=O)COC(=O)C[C@H]2C[C@H]3CC[C@@H]2C3)sc2c1CCCC2. The fraction of sp³-hybridized carbons (Fsp3) is 0.650. The first kappa shape index (κ1) is 18.5. The Bertz CT molecular complexity index is 772. The first-order chi connectivity index (χ1) is 13.0. The van der Waals surface area contributed by atoms with Gasteiger partial charge in [-0.25, -0.2) is 0 Å². The van der Waals surface area contributed by atoms with Crippen molar-refractivity contribution in [2.24, 2.45) is 23.5 Å². The van der Waals surface area contributed by atoms with Crippen LogP contribution in [0.4, 0.5) is 5.00 Å². The lowest BCUT2D eigenvalue weighted by molar-refractivity contribution is -0.148. The number of hydrogen-bond acceptors (Lipinski definition) is 5. The van der Waals surface area contributed by atoms with E-state index in [0.29, 0.717) is 28.8 Å². The van der Waals surface area contributed by atoms with E-state index in [1.54, 1.807) is 0 Å². The highest BCUT2D eigenvalue weighted by atomic mass is 32.1. The number of amides is 2. The van der Waals surface area contributed by atoms with Crippen LogP contribution in [0, 0.1) is 17.8 Å². The molecule has 6 nitrogen and oxygen atoms in total. The molecular weight excluding hydrogens is 364 g/mol. The quantitative estimate of drug-likeness (QED) is 0.729. The first-order valence-electron chi connectivity index (χ1n) is 9.91. The van der Waals surface area contributed by atoms with Crippen molar-refractivity contribution in [1.82, 2.24) is 0 Å². The molecule has 1 aromatic heterocycles. The van der Waals surface area contributed by atoms with Crippen molar-refractivity contribution >= 4 is 34.1 Å². The van der Waals surface area contributed by atoms with E-state index in [0.717, 1.165) is 48.5 Å². The van der Waals surface area contributed by atoms with Gasteiger partial charge in [-0.05, 0) is 68.3 Å². The standard InChI is InChI=1S/C20H26N2O4S/c21-19(25)18-14-3-1-2-4-15(14)27-20(18)22-16(23)10-26-17(24)9-13-8-11-5-6-12(13)7-11/h11-13H,1-10H2,(H2,21,25)(H,22,23)/t11-,12+,13+/m0/s1. The highest BCUT2D eigenvalue weighted by molar-refractivity contribution is 7.17. The van der Waals surface area contributed by atoms with E-state index in [1.807, 2.05) is 0 Å². The minimum atomic E-state index is -0.516. The molecule has 0 aromatic carbocycles. The summed E-state index contributed by atoms with van der Waals surface area (Å²) in [4.78, 5) is 37.3. The van der Waals surface area contributed by atoms with Crippen molar-refractivity contribution < 1.29 is 19.1 Å². The number of primary amides is 1. The van der Waals surface area contributed by atoms with Crippen molar-refractivity contribution in [1.29, 1.82) is 0 Å². The Labute approximate surface area is 162 Å². The topological polar surface area (TPSA) is 98.5 Å². The molecule has 3 aliphatic carbocycles. The van der Waals surface area contributed by atoms with Gasteiger partial charge in [0.2, 0.25) is 0 Å². The minimum absolute atomic E-state index is 0.303. The summed E-state index contributed by atoms with van der Waals surface area (Å²) in [6, 6.07) is 0. The molecule has 7 heteroatoms. The zero-order valence-electron chi connectivity index (χ0n) is 15.4. The second-order valence-corrected chi connectivity index (χ2v) is 9.23. The maximum absolute atomic E-state index is 12.2. The molecule has 3 aliphatic rings. The summed E-state index contributed by atoms with van der Waals surface area (Å²) in [7, 11) is 0. The number of rotatable bonds is 6. The number of thiophene rings is 1. The van der Waals surface area contributed by atoms with Gasteiger partial charge in [0.15, 0.2) is 6.61 Å². The summed E-state index contributed by atoms with van der Waals surface area (Å²) in [6.45, 7) is -0.319. The van der Waals surface area contributed by atoms with Crippen LogP contribution in [0.2, 0.25) is 0 Å². The summed E-state index contributed by atoms with van der Waals surface area (Å²) >= 11 is 1.41. The summed E-state index contributed by atoms with van der Waals surface area (Å²) in [6.07, 6.45) is 9.14. The van der Waals surface area contributed by atoms with E-state index in [-0.39, 0.29) is 12.6 Å². The van der Waals surface area contributed by atoms with Crippen molar-refractivity contribution in [3.8, 4) is 0 Å². The second-order valence-electron chi connectivity index (χ2n) is 8.13. The van der Waals surface area contributed by atoms with Crippen molar-refractivity contribution in [3.05, 3.63) is 16.0 Å². The molecule has 0 spiro atoms. The molecule has 3 atom stereocenters. The van der Waals surface area contributed by atoms with Crippen molar-refractivity contribution in [3.63, 3.8) is 0 Å². The molecule has 27 heavy (non-hydrogen) atoms. The van der Waals surface area contributed by atoms with Crippen LogP contribution in [0.15, 0.2) is 0 Å². The van der Waals surface area contributed by atoms with E-state index in [4.69, 9.17) is 10.5 Å². The third-order valence-corrected chi connectivity index (χ3v) is 7.56. The molecule has 4 rings (SSSR count). The lowest BCUT2D eigenvalue weighted by Gasteiger charge is -2.20. The van der Waals surface area contributed by atoms with Crippen LogP contribution in [0.1, 0.15) is 65.7 Å². The average Bonchev–Trinajstić information content (AvgIpc) is 3.33. The normalized spacial score (nSPS) is 25.9. The Balaban J connectivity index is 1.31. The number of fused-ring (bicyclic) bond motifs is 3. The van der Waals surface area contributed by atoms with Gasteiger partial charge in [0.25, 0.3) is 11.8 Å². The summed E-state index contributed by atoms with van der Waals surface area (Å²) in [5.41, 5.74) is 6.93. The van der Waals surface area contributed by atoms with E-state index >= 15 is 0 Å². The minimum Gasteiger partial charge on any atom is -0.456 e. The Morgan fingerprint density at radius 3 is 2.67 bits per heavy atom. The van der Waals surface area contributed by atoms with Gasteiger partial charge in [0, 0.05) is 11.3 Å². The third-order valence-electron chi connectivity index (χ3n) is 6.35. The van der Waals surface area contributed by atoms with Crippen molar-refractivity contribution in [2.75, 3.05) is 11.9 Å². The summed E-state index contributed by atoms with van der Waals surface area (Å²) in [5, 5.41) is 3.22. The fourth-order valence-electron chi connectivity index (χ4n) is 5.12. The zero-order chi connectivity index (χ0) is 19.0. The van der Waals surface area contributed by atoms with E-state index in [9.17, 15) is 14.4 Å². The molecule has 0 saturated heterocycles. The number of anilines is 1. The van der Waals surface area contributed by atoms with Gasteiger partial charge >= 0.3 is 5.97 Å². The molecule has 2 bridgehead atoms. The molecule has 2 fully saturated rings. The van der Waals surface area contributed by atoms with Gasteiger partial charge in [0.1, 0.15) is 5.00 Å². The number of aryl methyl sites for hydroxylation is 1. The second kappa shape index (κ2) is 7.62. The van der Waals surface area contributed by atoms with Crippen LogP contribution in [-0.4, -0.2) is 24.4 Å². The van der Waals surface area contributed by atoms with Crippen LogP contribution >= 0.6 is 11.3 Å². The average molecular weight is 391 g/mol. The highest BCUT2D eigenvalue weighted by Gasteiger charge is 2.40. The number of nitrogens with two attached hydrogens (primary N) is 1. The van der Waals surface area contributed by atoms with Gasteiger partial charge in [0.05, 0.1) is 5.56 Å². The van der Waals surface area contributed by atoms with Gasteiger partial charge in [-0.1, -0.05) is 6.42 Å². The fourth-order valence-corrected chi connectivity index (χ4v) is 6.43. The lowest BCUT2D eigenvalue weighted by Crippen LogP contribution is -2.24. The largest absolute Gasteiger partial charge is 0.456 e. The van der Waals surface area contributed by atoms with Gasteiger partial charge in [-0.2, -0.15) is 0 Å². The number of nitrogens with one attached hydrogen (secondary N) is 1. The maximum Gasteiger partial charge on any atom is 0.306 e. The van der Waals surface area contributed by atoms with Gasteiger partial charge in [-0.3, -0.25) is 14.4 Å². The first-order valence-corrected chi connectivity index (χ1v) is 10.7. The van der Waals surface area contributed by atoms with Crippen LogP contribution in [0.25, 0.3) is 0 Å². The predicted molar refractivity (Wildman–Crippen MR) is 103 cm³/mol. The van der Waals surface area contributed by atoms with Crippen LogP contribution in [0.3, 0.4) is 0 Å². The molecule has 3 N–H and O–H groups in total. The Morgan fingerprint density at radius 2 is 1.96 bits per heavy atom. The van der Waals surface area contributed by atoms with Gasteiger partial charge < -0.3 is 15.8 Å². The van der Waals surface area contributed by atoms with Gasteiger partial charge in [-0.15, -0.1) is 11.3 Å². The Morgan fingerprint density at radius 1 is 1.15 bits per heavy atom. The molecule has 146 valence electrons. The molecule has 1 aromatic rings. The van der Waals surface area contributed by atoms with Crippen LogP contribution in [-0.2, 0) is 27.2 Å². The summed E-state index contributed by atoms with van der Waals surface area (Å²) in [5.74, 6) is 0.628. The third kappa shape index (κ3) is 3.88. The molecule has 2 amide bonds. The van der Waals surface area contributed by atoms with Crippen molar-refractivity contribution in [2.45, 2.75) is 57.8 Å². The molecule has 0 aliphatic heterocycles. The predicted octanol–water partition coefficient (Wildman–Crippen LogP) is 3.03. The molecule has 1 heterocycles.